The maximum atomic E-state index is 11.8. The Morgan fingerprint density at radius 2 is 2.12 bits per heavy atom. The molecule has 3 N–H and O–H groups in total. The molecule has 94 valence electrons. The van der Waals surface area contributed by atoms with Crippen LogP contribution < -0.4 is 11.1 Å². The highest BCUT2D eigenvalue weighted by Gasteiger charge is 2.16. The SMILES string of the molecule is Cc1ccc(Cl)c(NC(=O)C(C)CCN)c1Cl. The fourth-order valence-corrected chi connectivity index (χ4v) is 1.86. The van der Waals surface area contributed by atoms with Crippen LogP contribution in [-0.4, -0.2) is 12.5 Å². The van der Waals surface area contributed by atoms with Crippen molar-refractivity contribution in [1.29, 1.82) is 0 Å². The molecule has 0 bridgehead atoms. The summed E-state index contributed by atoms with van der Waals surface area (Å²) in [7, 11) is 0. The van der Waals surface area contributed by atoms with E-state index in [1.807, 2.05) is 19.9 Å². The average molecular weight is 275 g/mol. The summed E-state index contributed by atoms with van der Waals surface area (Å²) in [6.07, 6.45) is 0.632. The summed E-state index contributed by atoms with van der Waals surface area (Å²) < 4.78 is 0. The number of anilines is 1. The van der Waals surface area contributed by atoms with E-state index in [0.29, 0.717) is 28.7 Å². The molecule has 0 spiro atoms. The van der Waals surface area contributed by atoms with Crippen LogP contribution in [0.5, 0.6) is 0 Å². The highest BCUT2D eigenvalue weighted by Crippen LogP contribution is 2.33. The second-order valence-electron chi connectivity index (χ2n) is 4.02. The molecule has 1 unspecified atom stereocenters. The zero-order chi connectivity index (χ0) is 13.0. The van der Waals surface area contributed by atoms with Gasteiger partial charge in [-0.25, -0.2) is 0 Å². The van der Waals surface area contributed by atoms with Crippen LogP contribution >= 0.6 is 23.2 Å². The maximum Gasteiger partial charge on any atom is 0.227 e. The summed E-state index contributed by atoms with van der Waals surface area (Å²) in [6.45, 7) is 4.15. The van der Waals surface area contributed by atoms with Gasteiger partial charge in [0.2, 0.25) is 5.91 Å². The van der Waals surface area contributed by atoms with Gasteiger partial charge in [-0.05, 0) is 31.5 Å². The van der Waals surface area contributed by atoms with E-state index in [9.17, 15) is 4.79 Å². The van der Waals surface area contributed by atoms with Crippen LogP contribution in [0.2, 0.25) is 10.0 Å². The van der Waals surface area contributed by atoms with Crippen molar-refractivity contribution < 1.29 is 4.79 Å². The van der Waals surface area contributed by atoms with Gasteiger partial charge >= 0.3 is 0 Å². The number of hydrogen-bond donors (Lipinski definition) is 2. The lowest BCUT2D eigenvalue weighted by Gasteiger charge is -2.14. The second-order valence-corrected chi connectivity index (χ2v) is 4.81. The van der Waals surface area contributed by atoms with Crippen molar-refractivity contribution in [2.24, 2.45) is 11.7 Å². The van der Waals surface area contributed by atoms with Crippen molar-refractivity contribution in [3.63, 3.8) is 0 Å². The predicted molar refractivity (Wildman–Crippen MR) is 72.7 cm³/mol. The van der Waals surface area contributed by atoms with E-state index in [4.69, 9.17) is 28.9 Å². The molecule has 0 aliphatic rings. The lowest BCUT2D eigenvalue weighted by molar-refractivity contribution is -0.119. The van der Waals surface area contributed by atoms with Crippen molar-refractivity contribution in [3.8, 4) is 0 Å². The Morgan fingerprint density at radius 1 is 1.47 bits per heavy atom. The number of halogens is 2. The number of hydrogen-bond acceptors (Lipinski definition) is 2. The zero-order valence-corrected chi connectivity index (χ0v) is 11.4. The Bertz CT molecular complexity index is 421. The van der Waals surface area contributed by atoms with Gasteiger partial charge in [0, 0.05) is 5.92 Å². The van der Waals surface area contributed by atoms with Crippen molar-refractivity contribution >= 4 is 34.8 Å². The number of nitrogens with one attached hydrogen (secondary N) is 1. The number of carbonyl (C=O) groups excluding carboxylic acids is 1. The van der Waals surface area contributed by atoms with Crippen molar-refractivity contribution in [2.45, 2.75) is 20.3 Å². The first kappa shape index (κ1) is 14.3. The minimum Gasteiger partial charge on any atom is -0.330 e. The zero-order valence-electron chi connectivity index (χ0n) is 9.89. The molecule has 5 heteroatoms. The topological polar surface area (TPSA) is 55.1 Å². The Balaban J connectivity index is 2.88. The molecule has 3 nitrogen and oxygen atoms in total. The predicted octanol–water partition coefficient (Wildman–Crippen LogP) is 3.23. The molecule has 1 rings (SSSR count). The van der Waals surface area contributed by atoms with Crippen molar-refractivity contribution in [3.05, 3.63) is 27.7 Å². The van der Waals surface area contributed by atoms with Gasteiger partial charge in [0.1, 0.15) is 0 Å². The molecule has 0 aromatic heterocycles. The molecule has 1 amide bonds. The van der Waals surface area contributed by atoms with Crippen LogP contribution in [0.25, 0.3) is 0 Å². The van der Waals surface area contributed by atoms with Gasteiger partial charge in [-0.1, -0.05) is 36.2 Å². The van der Waals surface area contributed by atoms with Gasteiger partial charge in [0.25, 0.3) is 0 Å². The number of nitrogens with two attached hydrogens (primary N) is 1. The fourth-order valence-electron chi connectivity index (χ4n) is 1.40. The Hall–Kier alpha value is -0.770. The fraction of sp³-hybridized carbons (Fsp3) is 0.417. The lowest BCUT2D eigenvalue weighted by Crippen LogP contribution is -2.23. The molecular formula is C12H16Cl2N2O. The monoisotopic (exact) mass is 274 g/mol. The molecule has 0 aliphatic heterocycles. The van der Waals surface area contributed by atoms with Crippen LogP contribution in [-0.2, 0) is 4.79 Å². The van der Waals surface area contributed by atoms with E-state index < -0.39 is 0 Å². The van der Waals surface area contributed by atoms with E-state index in [2.05, 4.69) is 5.32 Å². The number of benzene rings is 1. The highest BCUT2D eigenvalue weighted by atomic mass is 35.5. The summed E-state index contributed by atoms with van der Waals surface area (Å²) in [6, 6.07) is 3.52. The Kier molecular flexibility index (Phi) is 5.25. The molecule has 0 aliphatic carbocycles. The molecule has 0 fully saturated rings. The lowest BCUT2D eigenvalue weighted by atomic mass is 10.1. The van der Waals surface area contributed by atoms with E-state index in [-0.39, 0.29) is 11.8 Å². The third-order valence-electron chi connectivity index (χ3n) is 2.58. The third kappa shape index (κ3) is 3.60. The molecule has 1 aromatic rings. The van der Waals surface area contributed by atoms with Gasteiger partial charge in [-0.2, -0.15) is 0 Å². The number of amides is 1. The Labute approximate surface area is 111 Å². The Morgan fingerprint density at radius 3 is 2.71 bits per heavy atom. The van der Waals surface area contributed by atoms with E-state index in [0.717, 1.165) is 5.56 Å². The normalized spacial score (nSPS) is 12.3. The molecule has 1 aromatic carbocycles. The van der Waals surface area contributed by atoms with Gasteiger partial charge < -0.3 is 11.1 Å². The molecule has 17 heavy (non-hydrogen) atoms. The average Bonchev–Trinajstić information content (AvgIpc) is 2.29. The third-order valence-corrected chi connectivity index (χ3v) is 3.38. The summed E-state index contributed by atoms with van der Waals surface area (Å²) in [5.41, 5.74) is 6.76. The largest absolute Gasteiger partial charge is 0.330 e. The standard InChI is InChI=1S/C12H16Cl2N2O/c1-7-3-4-9(13)11(10(7)14)16-12(17)8(2)5-6-15/h3-4,8H,5-6,15H2,1-2H3,(H,16,17). The molecule has 0 saturated carbocycles. The molecular weight excluding hydrogens is 259 g/mol. The van der Waals surface area contributed by atoms with Crippen molar-refractivity contribution in [1.82, 2.24) is 0 Å². The van der Waals surface area contributed by atoms with Crippen LogP contribution in [0.1, 0.15) is 18.9 Å². The number of aryl methyl sites for hydroxylation is 1. The first-order chi connectivity index (χ1) is 7.97. The first-order valence-corrected chi connectivity index (χ1v) is 6.18. The summed E-state index contributed by atoms with van der Waals surface area (Å²) in [5, 5.41) is 3.66. The summed E-state index contributed by atoms with van der Waals surface area (Å²) in [5.74, 6) is -0.280. The minimum absolute atomic E-state index is 0.121. The molecule has 0 heterocycles. The first-order valence-electron chi connectivity index (χ1n) is 5.43. The highest BCUT2D eigenvalue weighted by molar-refractivity contribution is 6.40. The van der Waals surface area contributed by atoms with Crippen LogP contribution in [0, 0.1) is 12.8 Å². The van der Waals surface area contributed by atoms with Crippen LogP contribution in [0.15, 0.2) is 12.1 Å². The molecule has 1 atom stereocenters. The quantitative estimate of drug-likeness (QED) is 0.886. The van der Waals surface area contributed by atoms with Gasteiger partial charge in [-0.15, -0.1) is 0 Å². The van der Waals surface area contributed by atoms with Crippen LogP contribution in [0.3, 0.4) is 0 Å². The van der Waals surface area contributed by atoms with E-state index in [1.54, 1.807) is 6.07 Å². The molecule has 0 saturated heterocycles. The smallest absolute Gasteiger partial charge is 0.227 e. The van der Waals surface area contributed by atoms with Crippen LogP contribution in [0.4, 0.5) is 5.69 Å². The summed E-state index contributed by atoms with van der Waals surface area (Å²) in [4.78, 5) is 11.8. The van der Waals surface area contributed by atoms with Gasteiger partial charge in [0.15, 0.2) is 0 Å². The van der Waals surface area contributed by atoms with Gasteiger partial charge in [-0.3, -0.25) is 4.79 Å². The minimum atomic E-state index is -0.160. The maximum absolute atomic E-state index is 11.8. The van der Waals surface area contributed by atoms with Crippen molar-refractivity contribution in [2.75, 3.05) is 11.9 Å². The summed E-state index contributed by atoms with van der Waals surface area (Å²) >= 11 is 12.1. The molecule has 0 radical (unpaired) electrons. The number of rotatable bonds is 4. The number of carbonyl (C=O) groups is 1. The van der Waals surface area contributed by atoms with E-state index in [1.165, 1.54) is 0 Å². The second kappa shape index (κ2) is 6.24. The van der Waals surface area contributed by atoms with Gasteiger partial charge in [0.05, 0.1) is 15.7 Å². The van der Waals surface area contributed by atoms with E-state index >= 15 is 0 Å².